The molecule has 0 bridgehead atoms. The maximum Gasteiger partial charge on any atom is 0.334 e. The van der Waals surface area contributed by atoms with Crippen LogP contribution in [0.1, 0.15) is 12.0 Å². The Bertz CT molecular complexity index is 446. The molecule has 1 unspecified atom stereocenters. The summed E-state index contributed by atoms with van der Waals surface area (Å²) < 4.78 is 5.16. The highest BCUT2D eigenvalue weighted by Gasteiger charge is 2.14. The zero-order valence-corrected chi connectivity index (χ0v) is 10.6. The first-order valence-corrected chi connectivity index (χ1v) is 5.84. The third-order valence-corrected chi connectivity index (χ3v) is 2.59. The fourth-order valence-corrected chi connectivity index (χ4v) is 1.54. The van der Waals surface area contributed by atoms with E-state index >= 15 is 0 Å². The lowest BCUT2D eigenvalue weighted by molar-refractivity contribution is -0.146. The summed E-state index contributed by atoms with van der Waals surface area (Å²) in [6, 6.07) is 7.36. The highest BCUT2D eigenvalue weighted by molar-refractivity contribution is 5.78. The maximum atomic E-state index is 11.5. The Morgan fingerprint density at radius 1 is 1.37 bits per heavy atom. The molecule has 0 fully saturated rings. The van der Waals surface area contributed by atoms with E-state index < -0.39 is 12.1 Å². The molecule has 0 aliphatic heterocycles. The molecule has 6 heteroatoms. The fraction of sp³-hybridized carbons (Fsp3) is 0.385. The van der Waals surface area contributed by atoms with Gasteiger partial charge in [0.1, 0.15) is 5.75 Å². The van der Waals surface area contributed by atoms with E-state index in [2.05, 4.69) is 5.32 Å². The molecule has 1 aromatic rings. The Morgan fingerprint density at radius 3 is 2.68 bits per heavy atom. The summed E-state index contributed by atoms with van der Waals surface area (Å²) in [5.74, 6) is -0.961. The minimum Gasteiger partial charge on any atom is -0.496 e. The van der Waals surface area contributed by atoms with Crippen LogP contribution in [0.5, 0.6) is 5.75 Å². The molecule has 0 aliphatic carbocycles. The minimum atomic E-state index is -1.57. The van der Waals surface area contributed by atoms with Crippen molar-refractivity contribution in [3.63, 3.8) is 0 Å². The number of carbonyl (C=O) groups excluding carboxylic acids is 1. The number of amides is 1. The van der Waals surface area contributed by atoms with E-state index in [-0.39, 0.29) is 18.9 Å². The topological polar surface area (TPSA) is 95.9 Å². The molecule has 0 aliphatic rings. The number of aliphatic hydroxyl groups is 1. The van der Waals surface area contributed by atoms with Gasteiger partial charge in [0.05, 0.1) is 13.7 Å². The Hall–Kier alpha value is -2.08. The third kappa shape index (κ3) is 4.97. The Balaban J connectivity index is 2.40. The summed E-state index contributed by atoms with van der Waals surface area (Å²) in [4.78, 5) is 21.8. The maximum absolute atomic E-state index is 11.5. The fourth-order valence-electron chi connectivity index (χ4n) is 1.54. The summed E-state index contributed by atoms with van der Waals surface area (Å²) in [6.07, 6.45) is -0.888. The second-order valence-corrected chi connectivity index (χ2v) is 3.97. The molecule has 1 rings (SSSR count). The molecule has 6 nitrogen and oxygen atoms in total. The Kier molecular flexibility index (Phi) is 5.81. The summed E-state index contributed by atoms with van der Waals surface area (Å²) in [5, 5.41) is 19.8. The molecule has 0 saturated carbocycles. The summed E-state index contributed by atoms with van der Waals surface area (Å²) >= 11 is 0. The van der Waals surface area contributed by atoms with Gasteiger partial charge in [-0.15, -0.1) is 0 Å². The number of carbonyl (C=O) groups is 2. The molecule has 0 heterocycles. The number of rotatable bonds is 7. The quantitative estimate of drug-likeness (QED) is 0.655. The highest BCUT2D eigenvalue weighted by Crippen LogP contribution is 2.18. The average Bonchev–Trinajstić information content (AvgIpc) is 2.42. The van der Waals surface area contributed by atoms with Gasteiger partial charge in [0.2, 0.25) is 5.91 Å². The van der Waals surface area contributed by atoms with E-state index in [1.165, 1.54) is 0 Å². The number of ether oxygens (including phenoxy) is 1. The van der Waals surface area contributed by atoms with Gasteiger partial charge in [-0.25, -0.2) is 4.79 Å². The first-order valence-electron chi connectivity index (χ1n) is 5.84. The van der Waals surface area contributed by atoms with Gasteiger partial charge in [-0.05, 0) is 18.1 Å². The van der Waals surface area contributed by atoms with E-state index in [4.69, 9.17) is 14.9 Å². The first-order chi connectivity index (χ1) is 9.04. The molecule has 1 atom stereocenters. The number of benzene rings is 1. The predicted octanol–water partition coefficient (Wildman–Crippen LogP) is 0.189. The average molecular weight is 267 g/mol. The number of aryl methyl sites for hydroxylation is 1. The molecule has 3 N–H and O–H groups in total. The lowest BCUT2D eigenvalue weighted by Crippen LogP contribution is -2.36. The van der Waals surface area contributed by atoms with Crippen molar-refractivity contribution in [2.45, 2.75) is 18.9 Å². The van der Waals surface area contributed by atoms with Crippen LogP contribution in [-0.4, -0.2) is 41.8 Å². The van der Waals surface area contributed by atoms with E-state index in [9.17, 15) is 9.59 Å². The van der Waals surface area contributed by atoms with Crippen molar-refractivity contribution in [1.82, 2.24) is 5.32 Å². The summed E-state index contributed by atoms with van der Waals surface area (Å²) in [6.45, 7) is -0.292. The van der Waals surface area contributed by atoms with E-state index in [1.807, 2.05) is 18.2 Å². The number of para-hydroxylation sites is 1. The molecule has 104 valence electrons. The lowest BCUT2D eigenvalue weighted by atomic mass is 10.1. The monoisotopic (exact) mass is 267 g/mol. The second-order valence-electron chi connectivity index (χ2n) is 3.97. The van der Waals surface area contributed by atoms with Crippen molar-refractivity contribution in [3.8, 4) is 5.75 Å². The van der Waals surface area contributed by atoms with Gasteiger partial charge in [-0.3, -0.25) is 4.79 Å². The summed E-state index contributed by atoms with van der Waals surface area (Å²) in [5.41, 5.74) is 0.902. The standard InChI is InChI=1S/C13H17NO5/c1-19-11-5-3-2-4-9(11)6-7-12(16)14-8-10(15)13(17)18/h2-5,10,15H,6-8H2,1H3,(H,14,16)(H,17,18). The number of aliphatic carboxylic acids is 1. The largest absolute Gasteiger partial charge is 0.496 e. The molecule has 19 heavy (non-hydrogen) atoms. The second kappa shape index (κ2) is 7.38. The van der Waals surface area contributed by atoms with Crippen LogP contribution < -0.4 is 10.1 Å². The van der Waals surface area contributed by atoms with Crippen LogP contribution in [0.15, 0.2) is 24.3 Å². The van der Waals surface area contributed by atoms with Gasteiger partial charge in [0, 0.05) is 6.42 Å². The molecule has 0 spiro atoms. The molecule has 1 aromatic carbocycles. The van der Waals surface area contributed by atoms with Crippen LogP contribution in [0.2, 0.25) is 0 Å². The van der Waals surface area contributed by atoms with Gasteiger partial charge < -0.3 is 20.3 Å². The van der Waals surface area contributed by atoms with Gasteiger partial charge >= 0.3 is 5.97 Å². The van der Waals surface area contributed by atoms with Crippen molar-refractivity contribution < 1.29 is 24.5 Å². The van der Waals surface area contributed by atoms with Crippen LogP contribution in [0.4, 0.5) is 0 Å². The van der Waals surface area contributed by atoms with Gasteiger partial charge in [-0.1, -0.05) is 18.2 Å². The van der Waals surface area contributed by atoms with Crippen LogP contribution in [0, 0.1) is 0 Å². The number of methoxy groups -OCH3 is 1. The molecule has 1 amide bonds. The molecule has 0 aromatic heterocycles. The predicted molar refractivity (Wildman–Crippen MR) is 68.0 cm³/mol. The van der Waals surface area contributed by atoms with Crippen LogP contribution >= 0.6 is 0 Å². The Morgan fingerprint density at radius 2 is 2.05 bits per heavy atom. The Labute approximate surface area is 111 Å². The van der Waals surface area contributed by atoms with E-state index in [0.717, 1.165) is 5.56 Å². The lowest BCUT2D eigenvalue weighted by Gasteiger charge is -2.09. The van der Waals surface area contributed by atoms with E-state index in [0.29, 0.717) is 12.2 Å². The molecule has 0 saturated heterocycles. The SMILES string of the molecule is COc1ccccc1CCC(=O)NCC(O)C(=O)O. The molecular formula is C13H17NO5. The van der Waals surface area contributed by atoms with Crippen LogP contribution in [-0.2, 0) is 16.0 Å². The molecular weight excluding hydrogens is 250 g/mol. The van der Waals surface area contributed by atoms with Crippen molar-refractivity contribution in [1.29, 1.82) is 0 Å². The number of nitrogens with one attached hydrogen (secondary N) is 1. The zero-order chi connectivity index (χ0) is 14.3. The first kappa shape index (κ1) is 15.0. The zero-order valence-electron chi connectivity index (χ0n) is 10.6. The van der Waals surface area contributed by atoms with Crippen molar-refractivity contribution in [2.75, 3.05) is 13.7 Å². The summed E-state index contributed by atoms with van der Waals surface area (Å²) in [7, 11) is 1.56. The highest BCUT2D eigenvalue weighted by atomic mass is 16.5. The van der Waals surface area contributed by atoms with E-state index in [1.54, 1.807) is 13.2 Å². The number of aliphatic hydroxyl groups excluding tert-OH is 1. The van der Waals surface area contributed by atoms with Crippen LogP contribution in [0.25, 0.3) is 0 Å². The third-order valence-electron chi connectivity index (χ3n) is 2.59. The number of carboxylic acid groups (broad SMARTS) is 1. The van der Waals surface area contributed by atoms with Crippen molar-refractivity contribution in [3.05, 3.63) is 29.8 Å². The number of hydrogen-bond donors (Lipinski definition) is 3. The van der Waals surface area contributed by atoms with Gasteiger partial charge in [-0.2, -0.15) is 0 Å². The normalized spacial score (nSPS) is 11.7. The van der Waals surface area contributed by atoms with Crippen LogP contribution in [0.3, 0.4) is 0 Å². The van der Waals surface area contributed by atoms with Gasteiger partial charge in [0.15, 0.2) is 6.10 Å². The minimum absolute atomic E-state index is 0.201. The number of carboxylic acids is 1. The van der Waals surface area contributed by atoms with Crippen molar-refractivity contribution in [2.24, 2.45) is 0 Å². The van der Waals surface area contributed by atoms with Gasteiger partial charge in [0.25, 0.3) is 0 Å². The smallest absolute Gasteiger partial charge is 0.334 e. The number of hydrogen-bond acceptors (Lipinski definition) is 4. The molecule has 0 radical (unpaired) electrons. The van der Waals surface area contributed by atoms with Crippen molar-refractivity contribution >= 4 is 11.9 Å².